The summed E-state index contributed by atoms with van der Waals surface area (Å²) in [5, 5.41) is 63.6. The van der Waals surface area contributed by atoms with Crippen LogP contribution < -0.4 is 9.47 Å². The molecule has 0 radical (unpaired) electrons. The smallest absolute Gasteiger partial charge is 0.347 e. The van der Waals surface area contributed by atoms with E-state index < -0.39 is 28.6 Å². The first-order valence-corrected chi connectivity index (χ1v) is 18.2. The highest BCUT2D eigenvalue weighted by molar-refractivity contribution is 8.82. The summed E-state index contributed by atoms with van der Waals surface area (Å²) in [6, 6.07) is 0. The van der Waals surface area contributed by atoms with E-state index >= 15 is 0 Å². The third kappa shape index (κ3) is 6.47. The number of aromatic hydroxyl groups is 6. The number of benzene rings is 4. The Kier molecular flexibility index (Phi) is 11.1. The van der Waals surface area contributed by atoms with Crippen LogP contribution in [0.3, 0.4) is 0 Å². The zero-order chi connectivity index (χ0) is 39.4. The van der Waals surface area contributed by atoms with Gasteiger partial charge in [-0.25, -0.2) is 9.59 Å². The number of ether oxygens (including phenoxy) is 2. The predicted octanol–water partition coefficient (Wildman–Crippen LogP) is 8.64. The molecule has 13 heteroatoms. The maximum Gasteiger partial charge on any atom is 0.347 e. The van der Waals surface area contributed by atoms with Gasteiger partial charge in [0.25, 0.3) is 0 Å². The third-order valence-corrected chi connectivity index (χ3v) is 12.4. The van der Waals surface area contributed by atoms with E-state index in [4.69, 9.17) is 9.47 Å². The predicted molar refractivity (Wildman–Crippen MR) is 200 cm³/mol. The molecule has 11 nitrogen and oxygen atoms in total. The van der Waals surface area contributed by atoms with E-state index in [1.54, 1.807) is 55.4 Å². The molecule has 4 aromatic carbocycles. The Labute approximate surface area is 309 Å². The lowest BCUT2D eigenvalue weighted by atomic mass is 9.96. The minimum absolute atomic E-state index is 0.0259. The summed E-state index contributed by atoms with van der Waals surface area (Å²) in [7, 11) is 1.66. The summed E-state index contributed by atoms with van der Waals surface area (Å²) in [5.74, 6) is -3.81. The van der Waals surface area contributed by atoms with Gasteiger partial charge in [-0.15, -0.1) is 0 Å². The quantitative estimate of drug-likeness (QED) is 0.0598. The molecule has 0 saturated carbocycles. The van der Waals surface area contributed by atoms with Gasteiger partial charge in [-0.3, -0.25) is 4.79 Å². The number of carbonyl (C=O) groups is 3. The maximum absolute atomic E-state index is 14.2. The molecule has 0 aromatic heterocycles. The summed E-state index contributed by atoms with van der Waals surface area (Å²) < 4.78 is 11.6. The van der Waals surface area contributed by atoms with Crippen LogP contribution in [0.15, 0.2) is 4.90 Å². The van der Waals surface area contributed by atoms with Crippen molar-refractivity contribution in [1.29, 1.82) is 0 Å². The molecule has 0 spiro atoms. The Hall–Kier alpha value is -5.01. The molecule has 0 heterocycles. The molecule has 0 aliphatic rings. The SMILES string of the molecule is Cc1c(C)c(C(=O)Oc2c(C)c(O)c(C)c(C)c2SSC(=O)c2c(C)c(C)c(O)c(C)c2OC(=O)c2c(C)c(C)c(O)c(C)c2O)c(O)c(C)c1O. The molecule has 0 aliphatic carbocycles. The van der Waals surface area contributed by atoms with Crippen molar-refractivity contribution < 1.29 is 54.5 Å². The lowest BCUT2D eigenvalue weighted by Gasteiger charge is -2.21. The number of hydrogen-bond donors (Lipinski definition) is 6. The van der Waals surface area contributed by atoms with Gasteiger partial charge in [0.1, 0.15) is 51.4 Å². The van der Waals surface area contributed by atoms with E-state index in [0.717, 1.165) is 21.6 Å². The minimum atomic E-state index is -1.01. The molecule has 0 amide bonds. The van der Waals surface area contributed by atoms with Crippen LogP contribution in [0.25, 0.3) is 0 Å². The summed E-state index contributed by atoms with van der Waals surface area (Å²) >= 11 is 0. The van der Waals surface area contributed by atoms with Crippen molar-refractivity contribution in [3.63, 3.8) is 0 Å². The zero-order valence-corrected chi connectivity index (χ0v) is 32.7. The number of phenolic OH excluding ortho intramolecular Hbond substituents is 6. The van der Waals surface area contributed by atoms with Crippen LogP contribution in [0.5, 0.6) is 46.0 Å². The van der Waals surface area contributed by atoms with Crippen molar-refractivity contribution in [1.82, 2.24) is 0 Å². The molecule has 6 N–H and O–H groups in total. The van der Waals surface area contributed by atoms with Gasteiger partial charge >= 0.3 is 11.9 Å². The highest BCUT2D eigenvalue weighted by Gasteiger charge is 2.31. The molecule has 0 saturated heterocycles. The standard InChI is InChI=1S/C39H42O11S2/c1-13-16(4)28(40)21(9)32(44)25(13)37(46)49-34-23(11)30(42)18(6)15(3)27(34)39(48)52-51-36-20(8)19(7)31(43)24(12)35(36)50-38(47)26-14(2)17(5)29(41)22(10)33(26)45/h40-45H,1-12H3. The highest BCUT2D eigenvalue weighted by Crippen LogP contribution is 2.50. The monoisotopic (exact) mass is 750 g/mol. The lowest BCUT2D eigenvalue weighted by Crippen LogP contribution is -2.16. The first-order valence-electron chi connectivity index (χ1n) is 16.1. The van der Waals surface area contributed by atoms with Crippen molar-refractivity contribution in [2.24, 2.45) is 0 Å². The number of carbonyl (C=O) groups excluding carboxylic acids is 3. The fraction of sp³-hybridized carbons (Fsp3) is 0.308. The molecule has 0 fully saturated rings. The van der Waals surface area contributed by atoms with Gasteiger partial charge in [-0.05, 0) is 149 Å². The van der Waals surface area contributed by atoms with E-state index in [2.05, 4.69) is 0 Å². The van der Waals surface area contributed by atoms with E-state index in [1.165, 1.54) is 27.7 Å². The van der Waals surface area contributed by atoms with Gasteiger partial charge < -0.3 is 40.1 Å². The maximum atomic E-state index is 14.2. The minimum Gasteiger partial charge on any atom is -0.507 e. The zero-order valence-electron chi connectivity index (χ0n) is 31.0. The van der Waals surface area contributed by atoms with Crippen molar-refractivity contribution >= 4 is 38.6 Å². The van der Waals surface area contributed by atoms with Crippen LogP contribution in [-0.4, -0.2) is 47.7 Å². The second-order valence-electron chi connectivity index (χ2n) is 12.9. The van der Waals surface area contributed by atoms with Crippen LogP contribution in [0.1, 0.15) is 97.8 Å². The molecule has 0 unspecified atom stereocenters. The van der Waals surface area contributed by atoms with E-state index in [0.29, 0.717) is 43.8 Å². The summed E-state index contributed by atoms with van der Waals surface area (Å²) in [5.41, 5.74) is 3.06. The Morgan fingerprint density at radius 2 is 0.712 bits per heavy atom. The van der Waals surface area contributed by atoms with Crippen LogP contribution in [-0.2, 0) is 0 Å². The number of phenols is 6. The Balaban J connectivity index is 1.79. The number of hydrogen-bond acceptors (Lipinski definition) is 13. The van der Waals surface area contributed by atoms with Crippen LogP contribution >= 0.6 is 21.6 Å². The molecule has 52 heavy (non-hydrogen) atoms. The molecule has 0 atom stereocenters. The van der Waals surface area contributed by atoms with Crippen molar-refractivity contribution in [3.8, 4) is 46.0 Å². The molecular weight excluding hydrogens is 709 g/mol. The van der Waals surface area contributed by atoms with E-state index in [1.807, 2.05) is 0 Å². The topological polar surface area (TPSA) is 191 Å². The van der Waals surface area contributed by atoms with Gasteiger partial charge in [-0.1, -0.05) is 0 Å². The number of esters is 2. The van der Waals surface area contributed by atoms with Gasteiger partial charge in [0.15, 0.2) is 5.75 Å². The lowest BCUT2D eigenvalue weighted by molar-refractivity contribution is 0.0715. The second-order valence-corrected chi connectivity index (χ2v) is 15.0. The molecule has 4 aromatic rings. The Bertz CT molecular complexity index is 2180. The number of rotatable bonds is 7. The summed E-state index contributed by atoms with van der Waals surface area (Å²) in [4.78, 5) is 41.7. The van der Waals surface area contributed by atoms with Crippen molar-refractivity contribution in [2.75, 3.05) is 0 Å². The largest absolute Gasteiger partial charge is 0.507 e. The van der Waals surface area contributed by atoms with Crippen LogP contribution in [0, 0.1) is 83.1 Å². The molecular formula is C39H42O11S2. The van der Waals surface area contributed by atoms with Gasteiger partial charge in [0.05, 0.1) is 10.5 Å². The van der Waals surface area contributed by atoms with Crippen molar-refractivity contribution in [2.45, 2.75) is 88.0 Å². The summed E-state index contributed by atoms with van der Waals surface area (Å²) in [6.07, 6.45) is 0. The molecule has 4 rings (SSSR count). The molecule has 0 bridgehead atoms. The summed E-state index contributed by atoms with van der Waals surface area (Å²) in [6.45, 7) is 18.8. The van der Waals surface area contributed by atoms with Crippen molar-refractivity contribution in [3.05, 3.63) is 83.5 Å². The van der Waals surface area contributed by atoms with Gasteiger partial charge in [0.2, 0.25) is 5.12 Å². The fourth-order valence-corrected chi connectivity index (χ4v) is 8.31. The Morgan fingerprint density at radius 3 is 1.13 bits per heavy atom. The van der Waals surface area contributed by atoms with Gasteiger partial charge in [0, 0.05) is 22.3 Å². The Morgan fingerprint density at radius 1 is 0.385 bits per heavy atom. The fourth-order valence-electron chi connectivity index (χ4n) is 5.94. The van der Waals surface area contributed by atoms with Crippen LogP contribution in [0.2, 0.25) is 0 Å². The normalized spacial score (nSPS) is 11.2. The average molecular weight is 751 g/mol. The van der Waals surface area contributed by atoms with Crippen LogP contribution in [0.4, 0.5) is 0 Å². The van der Waals surface area contributed by atoms with Gasteiger partial charge in [-0.2, -0.15) is 0 Å². The molecule has 0 aliphatic heterocycles. The highest BCUT2D eigenvalue weighted by atomic mass is 33.1. The first-order chi connectivity index (χ1) is 24.1. The average Bonchev–Trinajstić information content (AvgIpc) is 3.10. The van der Waals surface area contributed by atoms with E-state index in [9.17, 15) is 45.0 Å². The molecule has 276 valence electrons. The second kappa shape index (κ2) is 14.5. The first kappa shape index (κ1) is 39.8. The van der Waals surface area contributed by atoms with E-state index in [-0.39, 0.29) is 79.0 Å². The third-order valence-electron chi connectivity index (χ3n) is 10.1.